The van der Waals surface area contributed by atoms with Crippen molar-refractivity contribution in [2.45, 2.75) is 6.18 Å². The van der Waals surface area contributed by atoms with Crippen molar-refractivity contribution in [3.8, 4) is 0 Å². The summed E-state index contributed by atoms with van der Waals surface area (Å²) in [7, 11) is 0. The van der Waals surface area contributed by atoms with E-state index in [1.807, 2.05) is 0 Å². The average Bonchev–Trinajstić information content (AvgIpc) is 2.14. The maximum absolute atomic E-state index is 11.7. The largest absolute Gasteiger partial charge is 0.473 e. The Hall–Kier alpha value is -1.11. The maximum Gasteiger partial charge on any atom is 0.473 e. The molecule has 1 aliphatic rings. The van der Waals surface area contributed by atoms with Crippen LogP contribution in [0.4, 0.5) is 13.2 Å². The molecule has 0 aliphatic carbocycles. The van der Waals surface area contributed by atoms with Gasteiger partial charge in [0.05, 0.1) is 19.6 Å². The summed E-state index contributed by atoms with van der Waals surface area (Å²) in [6.45, 7) is 1.78. The van der Waals surface area contributed by atoms with Crippen molar-refractivity contribution in [2.24, 2.45) is 4.99 Å². The third-order valence-corrected chi connectivity index (χ3v) is 1.63. The molecule has 0 N–H and O–H groups in total. The number of hydrogen-bond donors (Lipinski definition) is 0. The van der Waals surface area contributed by atoms with Crippen molar-refractivity contribution in [3.63, 3.8) is 0 Å². The highest BCUT2D eigenvalue weighted by Gasteiger charge is 2.38. The summed E-state index contributed by atoms with van der Waals surface area (Å²) in [6.07, 6.45) is -3.97. The molecule has 0 bridgehead atoms. The molecule has 0 aromatic heterocycles. The van der Waals surface area contributed by atoms with Crippen LogP contribution in [0.3, 0.4) is 0 Å². The van der Waals surface area contributed by atoms with Crippen LogP contribution in [0.1, 0.15) is 0 Å². The highest BCUT2D eigenvalue weighted by molar-refractivity contribution is 5.88. The van der Waals surface area contributed by atoms with Crippen molar-refractivity contribution >= 4 is 12.2 Å². The van der Waals surface area contributed by atoms with Crippen LogP contribution >= 0.6 is 0 Å². The maximum atomic E-state index is 11.7. The Balaban J connectivity index is 2.42. The molecule has 4 nitrogen and oxygen atoms in total. The van der Waals surface area contributed by atoms with Crippen LogP contribution in [-0.4, -0.2) is 49.6 Å². The molecule has 0 aromatic rings. The van der Waals surface area contributed by atoms with Gasteiger partial charge >= 0.3 is 12.1 Å². The first-order valence-electron chi connectivity index (χ1n) is 3.97. The zero-order valence-electron chi connectivity index (χ0n) is 7.25. The number of hydrogen-bond acceptors (Lipinski definition) is 2. The van der Waals surface area contributed by atoms with Crippen LogP contribution in [0.15, 0.2) is 4.99 Å². The number of aliphatic imine (C=N–C) groups is 1. The Labute approximate surface area is 78.3 Å². The first-order valence-corrected chi connectivity index (χ1v) is 3.97. The lowest BCUT2D eigenvalue weighted by molar-refractivity contribution is -0.169. The van der Waals surface area contributed by atoms with Gasteiger partial charge in [0.25, 0.3) is 0 Å². The Morgan fingerprint density at radius 2 is 1.93 bits per heavy atom. The lowest BCUT2D eigenvalue weighted by atomic mass is 10.5. The Bertz CT molecular complexity index is 234. The third kappa shape index (κ3) is 3.33. The molecule has 80 valence electrons. The molecular weight excluding hydrogens is 201 g/mol. The normalized spacial score (nSPS) is 18.9. The summed E-state index contributed by atoms with van der Waals surface area (Å²) in [4.78, 5) is 14.6. The molecule has 0 radical (unpaired) electrons. The molecule has 1 saturated heterocycles. The molecule has 0 saturated carbocycles. The Morgan fingerprint density at radius 1 is 1.36 bits per heavy atom. The third-order valence-electron chi connectivity index (χ3n) is 1.63. The van der Waals surface area contributed by atoms with Gasteiger partial charge in [-0.3, -0.25) is 4.79 Å². The fraction of sp³-hybridized carbons (Fsp3) is 0.714. The van der Waals surface area contributed by atoms with Gasteiger partial charge < -0.3 is 9.64 Å². The highest BCUT2D eigenvalue weighted by Crippen LogP contribution is 2.16. The fourth-order valence-corrected chi connectivity index (χ4v) is 0.900. The summed E-state index contributed by atoms with van der Waals surface area (Å²) >= 11 is 0. The quantitative estimate of drug-likeness (QED) is 0.465. The summed E-state index contributed by atoms with van der Waals surface area (Å²) in [5, 5.41) is 0. The van der Waals surface area contributed by atoms with E-state index >= 15 is 0 Å². The number of rotatable bonds is 1. The first kappa shape index (κ1) is 11.0. The van der Waals surface area contributed by atoms with Crippen molar-refractivity contribution in [1.82, 2.24) is 4.90 Å². The lowest BCUT2D eigenvalue weighted by Gasteiger charge is -2.23. The van der Waals surface area contributed by atoms with E-state index < -0.39 is 12.1 Å². The number of carbonyl (C=O) groups excluding carboxylic acids is 1. The van der Waals surface area contributed by atoms with Crippen molar-refractivity contribution in [2.75, 3.05) is 26.3 Å². The van der Waals surface area contributed by atoms with Crippen LogP contribution in [0.25, 0.3) is 0 Å². The number of ether oxygens (including phenoxy) is 1. The number of alkyl halides is 3. The molecular formula is C7H9F3N2O2. The molecule has 1 fully saturated rings. The van der Waals surface area contributed by atoms with E-state index in [9.17, 15) is 18.0 Å². The van der Waals surface area contributed by atoms with Crippen LogP contribution in [0, 0.1) is 0 Å². The molecule has 0 unspecified atom stereocenters. The SMILES string of the molecule is O=C(N=CN1CCOCC1)C(F)(F)F. The standard InChI is InChI=1S/C7H9F3N2O2/c8-7(9,10)6(13)11-5-12-1-3-14-4-2-12/h5H,1-4H2. The number of amides is 1. The zero-order valence-corrected chi connectivity index (χ0v) is 7.25. The minimum atomic E-state index is -4.89. The molecule has 0 aromatic carbocycles. The smallest absolute Gasteiger partial charge is 0.378 e. The molecule has 1 aliphatic heterocycles. The number of morpholine rings is 1. The van der Waals surface area contributed by atoms with Gasteiger partial charge in [0.15, 0.2) is 0 Å². The highest BCUT2D eigenvalue weighted by atomic mass is 19.4. The van der Waals surface area contributed by atoms with Gasteiger partial charge in [0.2, 0.25) is 0 Å². The van der Waals surface area contributed by atoms with E-state index in [1.54, 1.807) is 0 Å². The molecule has 0 atom stereocenters. The predicted molar refractivity (Wildman–Crippen MR) is 41.9 cm³/mol. The minimum absolute atomic E-state index is 0.437. The van der Waals surface area contributed by atoms with Gasteiger partial charge in [-0.25, -0.2) is 0 Å². The lowest BCUT2D eigenvalue weighted by Crippen LogP contribution is -2.35. The van der Waals surface area contributed by atoms with Crippen LogP contribution in [-0.2, 0) is 9.53 Å². The topological polar surface area (TPSA) is 41.9 Å². The zero-order chi connectivity index (χ0) is 10.6. The van der Waals surface area contributed by atoms with E-state index in [4.69, 9.17) is 4.74 Å². The second-order valence-electron chi connectivity index (χ2n) is 2.70. The van der Waals surface area contributed by atoms with Crippen molar-refractivity contribution in [3.05, 3.63) is 0 Å². The molecule has 0 spiro atoms. The Morgan fingerprint density at radius 3 is 2.43 bits per heavy atom. The van der Waals surface area contributed by atoms with E-state index in [-0.39, 0.29) is 0 Å². The van der Waals surface area contributed by atoms with Crippen molar-refractivity contribution < 1.29 is 22.7 Å². The molecule has 1 heterocycles. The molecule has 1 rings (SSSR count). The Kier molecular flexibility index (Phi) is 3.45. The number of halogens is 3. The first-order chi connectivity index (χ1) is 6.50. The van der Waals surface area contributed by atoms with E-state index in [0.29, 0.717) is 26.3 Å². The molecule has 1 amide bonds. The van der Waals surface area contributed by atoms with E-state index in [1.165, 1.54) is 4.90 Å². The summed E-state index contributed by atoms with van der Waals surface area (Å²) in [5.41, 5.74) is 0. The number of carbonyl (C=O) groups is 1. The van der Waals surface area contributed by atoms with E-state index in [2.05, 4.69) is 4.99 Å². The van der Waals surface area contributed by atoms with Crippen LogP contribution < -0.4 is 0 Å². The summed E-state index contributed by atoms with van der Waals surface area (Å²) < 4.78 is 40.1. The van der Waals surface area contributed by atoms with Gasteiger partial charge in [-0.15, -0.1) is 0 Å². The van der Waals surface area contributed by atoms with Gasteiger partial charge in [-0.05, 0) is 0 Å². The number of nitrogens with zero attached hydrogens (tertiary/aromatic N) is 2. The van der Waals surface area contributed by atoms with Crippen LogP contribution in [0.2, 0.25) is 0 Å². The van der Waals surface area contributed by atoms with Gasteiger partial charge in [0.1, 0.15) is 0 Å². The fourth-order valence-electron chi connectivity index (χ4n) is 0.900. The molecule has 7 heteroatoms. The van der Waals surface area contributed by atoms with Crippen LogP contribution in [0.5, 0.6) is 0 Å². The molecule has 14 heavy (non-hydrogen) atoms. The van der Waals surface area contributed by atoms with Gasteiger partial charge in [0, 0.05) is 13.1 Å². The summed E-state index contributed by atoms with van der Waals surface area (Å²) in [6, 6.07) is 0. The minimum Gasteiger partial charge on any atom is -0.378 e. The summed E-state index contributed by atoms with van der Waals surface area (Å²) in [5.74, 6) is -2.08. The van der Waals surface area contributed by atoms with Gasteiger partial charge in [-0.2, -0.15) is 18.2 Å². The average molecular weight is 210 g/mol. The van der Waals surface area contributed by atoms with Crippen molar-refractivity contribution in [1.29, 1.82) is 0 Å². The monoisotopic (exact) mass is 210 g/mol. The van der Waals surface area contributed by atoms with Gasteiger partial charge in [-0.1, -0.05) is 0 Å². The second kappa shape index (κ2) is 4.41. The predicted octanol–water partition coefficient (Wildman–Crippen LogP) is 0.436. The second-order valence-corrected chi connectivity index (χ2v) is 2.70. The van der Waals surface area contributed by atoms with E-state index in [0.717, 1.165) is 6.34 Å².